The second-order valence-electron chi connectivity index (χ2n) is 4.04. The van der Waals surface area contributed by atoms with E-state index < -0.39 is 0 Å². The summed E-state index contributed by atoms with van der Waals surface area (Å²) >= 11 is 3.22. The van der Waals surface area contributed by atoms with Crippen LogP contribution in [0.25, 0.3) is 11.4 Å². The number of rotatable bonds is 4. The Morgan fingerprint density at radius 1 is 1.44 bits per heavy atom. The highest BCUT2D eigenvalue weighted by Gasteiger charge is 2.12. The van der Waals surface area contributed by atoms with Gasteiger partial charge in [-0.05, 0) is 24.6 Å². The molecule has 1 heterocycles. The van der Waals surface area contributed by atoms with E-state index in [4.69, 9.17) is 10.3 Å². The Kier molecular flexibility index (Phi) is 4.08. The van der Waals surface area contributed by atoms with Crippen LogP contribution in [0, 0.1) is 5.82 Å². The van der Waals surface area contributed by atoms with Gasteiger partial charge in [0.1, 0.15) is 5.82 Å². The van der Waals surface area contributed by atoms with Crippen LogP contribution in [0.4, 0.5) is 4.39 Å². The number of hydrogen-bond donors (Lipinski definition) is 1. The molecule has 0 radical (unpaired) electrons. The third-order valence-electron chi connectivity index (χ3n) is 2.55. The Balaban J connectivity index is 2.23. The zero-order valence-corrected chi connectivity index (χ0v) is 11.4. The molecule has 0 saturated carbocycles. The summed E-state index contributed by atoms with van der Waals surface area (Å²) in [5, 5.41) is 3.83. The summed E-state index contributed by atoms with van der Waals surface area (Å²) in [6.07, 6.45) is 1.36. The quantitative estimate of drug-likeness (QED) is 0.942. The molecule has 1 aromatic carbocycles. The van der Waals surface area contributed by atoms with Crippen LogP contribution in [0.15, 0.2) is 27.2 Å². The van der Waals surface area contributed by atoms with Gasteiger partial charge in [0.05, 0.1) is 0 Å². The largest absolute Gasteiger partial charge is 0.339 e. The van der Waals surface area contributed by atoms with Crippen LogP contribution in [0.1, 0.15) is 19.2 Å². The number of aromatic nitrogens is 2. The zero-order valence-electron chi connectivity index (χ0n) is 9.86. The number of nitrogens with two attached hydrogens (primary N) is 1. The van der Waals surface area contributed by atoms with E-state index in [1.807, 2.05) is 6.92 Å². The van der Waals surface area contributed by atoms with Gasteiger partial charge < -0.3 is 10.3 Å². The smallest absolute Gasteiger partial charge is 0.228 e. The summed E-state index contributed by atoms with van der Waals surface area (Å²) in [6, 6.07) is 4.46. The van der Waals surface area contributed by atoms with Gasteiger partial charge in [-0.25, -0.2) is 4.39 Å². The van der Waals surface area contributed by atoms with Crippen LogP contribution < -0.4 is 5.73 Å². The summed E-state index contributed by atoms with van der Waals surface area (Å²) < 4.78 is 19.0. The van der Waals surface area contributed by atoms with Crippen LogP contribution in [0.2, 0.25) is 0 Å². The molecule has 1 aromatic heterocycles. The van der Waals surface area contributed by atoms with Crippen LogP contribution >= 0.6 is 15.9 Å². The van der Waals surface area contributed by atoms with Gasteiger partial charge in [0.25, 0.3) is 0 Å². The monoisotopic (exact) mass is 313 g/mol. The van der Waals surface area contributed by atoms with E-state index in [-0.39, 0.29) is 11.9 Å². The van der Waals surface area contributed by atoms with Crippen molar-refractivity contribution < 1.29 is 8.91 Å². The highest BCUT2D eigenvalue weighted by Crippen LogP contribution is 2.22. The van der Waals surface area contributed by atoms with Crippen LogP contribution in [-0.2, 0) is 6.42 Å². The fourth-order valence-electron chi connectivity index (χ4n) is 1.51. The molecular formula is C12H13BrFN3O. The molecule has 96 valence electrons. The molecule has 2 aromatic rings. The average Bonchev–Trinajstić information content (AvgIpc) is 2.76. The molecule has 0 aliphatic heterocycles. The van der Waals surface area contributed by atoms with Crippen molar-refractivity contribution in [3.8, 4) is 11.4 Å². The van der Waals surface area contributed by atoms with Crippen molar-refractivity contribution in [1.82, 2.24) is 10.1 Å². The molecule has 6 heteroatoms. The summed E-state index contributed by atoms with van der Waals surface area (Å²) in [7, 11) is 0. The Labute approximate surface area is 113 Å². The van der Waals surface area contributed by atoms with Crippen molar-refractivity contribution in [2.45, 2.75) is 25.8 Å². The standard InChI is InChI=1S/C12H13BrFN3O/c1-2-10(15)6-11-16-12(17-18-11)7-3-8(13)5-9(14)4-7/h3-5,10H,2,6,15H2,1H3. The Hall–Kier alpha value is -1.27. The molecule has 0 aliphatic rings. The minimum Gasteiger partial charge on any atom is -0.339 e. The van der Waals surface area contributed by atoms with Gasteiger partial charge in [-0.15, -0.1) is 0 Å². The van der Waals surface area contributed by atoms with Gasteiger partial charge in [0.2, 0.25) is 11.7 Å². The van der Waals surface area contributed by atoms with Crippen LogP contribution in [-0.4, -0.2) is 16.2 Å². The molecule has 1 unspecified atom stereocenters. The van der Waals surface area contributed by atoms with E-state index in [0.29, 0.717) is 28.2 Å². The van der Waals surface area contributed by atoms with Gasteiger partial charge in [0.15, 0.2) is 0 Å². The molecule has 18 heavy (non-hydrogen) atoms. The van der Waals surface area contributed by atoms with Gasteiger partial charge >= 0.3 is 0 Å². The molecule has 2 rings (SSSR count). The second kappa shape index (κ2) is 5.58. The highest BCUT2D eigenvalue weighted by molar-refractivity contribution is 9.10. The Bertz CT molecular complexity index is 524. The van der Waals surface area contributed by atoms with Gasteiger partial charge in [-0.1, -0.05) is 28.0 Å². The van der Waals surface area contributed by atoms with Crippen molar-refractivity contribution in [3.05, 3.63) is 34.4 Å². The van der Waals surface area contributed by atoms with Gasteiger partial charge in [-0.2, -0.15) is 4.98 Å². The molecule has 0 spiro atoms. The highest BCUT2D eigenvalue weighted by atomic mass is 79.9. The number of hydrogen-bond acceptors (Lipinski definition) is 4. The maximum atomic E-state index is 13.2. The third-order valence-corrected chi connectivity index (χ3v) is 3.01. The SMILES string of the molecule is CCC(N)Cc1nc(-c2cc(F)cc(Br)c2)no1. The van der Waals surface area contributed by atoms with E-state index in [2.05, 4.69) is 26.1 Å². The number of benzene rings is 1. The van der Waals surface area contributed by atoms with Crippen molar-refractivity contribution in [3.63, 3.8) is 0 Å². The molecule has 1 atom stereocenters. The van der Waals surface area contributed by atoms with E-state index in [1.165, 1.54) is 12.1 Å². The lowest BCUT2D eigenvalue weighted by molar-refractivity contribution is 0.368. The van der Waals surface area contributed by atoms with E-state index in [1.54, 1.807) is 6.07 Å². The van der Waals surface area contributed by atoms with Crippen LogP contribution in [0.3, 0.4) is 0 Å². The van der Waals surface area contributed by atoms with Crippen molar-refractivity contribution >= 4 is 15.9 Å². The lowest BCUT2D eigenvalue weighted by Crippen LogP contribution is -2.21. The Morgan fingerprint density at radius 2 is 2.22 bits per heavy atom. The lowest BCUT2D eigenvalue weighted by Gasteiger charge is -2.02. The molecule has 0 amide bonds. The first kappa shape index (κ1) is 13.2. The number of nitrogens with zero attached hydrogens (tertiary/aromatic N) is 2. The maximum absolute atomic E-state index is 13.2. The maximum Gasteiger partial charge on any atom is 0.228 e. The van der Waals surface area contributed by atoms with E-state index in [9.17, 15) is 4.39 Å². The predicted molar refractivity (Wildman–Crippen MR) is 69.4 cm³/mol. The fraction of sp³-hybridized carbons (Fsp3) is 0.333. The molecular weight excluding hydrogens is 301 g/mol. The molecule has 4 nitrogen and oxygen atoms in total. The van der Waals surface area contributed by atoms with E-state index in [0.717, 1.165) is 6.42 Å². The average molecular weight is 314 g/mol. The minimum atomic E-state index is -0.351. The van der Waals surface area contributed by atoms with Crippen molar-refractivity contribution in [2.75, 3.05) is 0 Å². The molecule has 0 fully saturated rings. The first-order chi connectivity index (χ1) is 8.58. The normalized spacial score (nSPS) is 12.7. The fourth-order valence-corrected chi connectivity index (χ4v) is 1.97. The summed E-state index contributed by atoms with van der Waals surface area (Å²) in [5.74, 6) is 0.490. The first-order valence-electron chi connectivity index (χ1n) is 5.63. The summed E-state index contributed by atoms with van der Waals surface area (Å²) in [6.45, 7) is 1.99. The first-order valence-corrected chi connectivity index (χ1v) is 6.42. The topological polar surface area (TPSA) is 64.9 Å². The number of halogens is 2. The van der Waals surface area contributed by atoms with Crippen LogP contribution in [0.5, 0.6) is 0 Å². The molecule has 0 bridgehead atoms. The minimum absolute atomic E-state index is 0.00227. The van der Waals surface area contributed by atoms with E-state index >= 15 is 0 Å². The predicted octanol–water partition coefficient (Wildman–Crippen LogP) is 2.92. The summed E-state index contributed by atoms with van der Waals surface area (Å²) in [5.41, 5.74) is 6.38. The molecule has 0 saturated heterocycles. The lowest BCUT2D eigenvalue weighted by atomic mass is 10.2. The molecule has 0 aliphatic carbocycles. The summed E-state index contributed by atoms with van der Waals surface area (Å²) in [4.78, 5) is 4.21. The Morgan fingerprint density at radius 3 is 2.89 bits per heavy atom. The van der Waals surface area contributed by atoms with Crippen molar-refractivity contribution in [1.29, 1.82) is 0 Å². The molecule has 2 N–H and O–H groups in total. The van der Waals surface area contributed by atoms with Gasteiger partial charge in [-0.3, -0.25) is 0 Å². The van der Waals surface area contributed by atoms with Gasteiger partial charge in [0, 0.05) is 22.5 Å². The third kappa shape index (κ3) is 3.14. The zero-order chi connectivity index (χ0) is 13.1. The second-order valence-corrected chi connectivity index (χ2v) is 4.96. The van der Waals surface area contributed by atoms with Crippen molar-refractivity contribution in [2.24, 2.45) is 5.73 Å².